The van der Waals surface area contributed by atoms with Gasteiger partial charge in [0.2, 0.25) is 5.91 Å². The van der Waals surface area contributed by atoms with E-state index in [4.69, 9.17) is 0 Å². The first-order valence-electron chi connectivity index (χ1n) is 8.48. The smallest absolute Gasteiger partial charge is 0.242 e. The molecule has 1 atom stereocenters. The molecule has 2 heterocycles. The first-order valence-corrected chi connectivity index (χ1v) is 8.48. The third-order valence-electron chi connectivity index (χ3n) is 4.51. The maximum atomic E-state index is 12.7. The second-order valence-electron chi connectivity index (χ2n) is 6.64. The monoisotopic (exact) mass is 327 g/mol. The van der Waals surface area contributed by atoms with Crippen LogP contribution in [0, 0.1) is 6.92 Å². The highest BCUT2D eigenvalue weighted by atomic mass is 16.2. The molecule has 0 unspecified atom stereocenters. The van der Waals surface area contributed by atoms with E-state index in [1.165, 1.54) is 12.0 Å². The van der Waals surface area contributed by atoms with Crippen LogP contribution in [-0.4, -0.2) is 39.7 Å². The molecule has 0 saturated heterocycles. The van der Waals surface area contributed by atoms with Crippen molar-refractivity contribution in [3.63, 3.8) is 0 Å². The Hall–Kier alpha value is -2.21. The van der Waals surface area contributed by atoms with Crippen LogP contribution in [0.1, 0.15) is 41.7 Å². The highest BCUT2D eigenvalue weighted by Gasteiger charge is 2.23. The van der Waals surface area contributed by atoms with Crippen LogP contribution in [-0.2, 0) is 24.3 Å². The molecule has 6 nitrogen and oxygen atoms in total. The van der Waals surface area contributed by atoms with Gasteiger partial charge in [0.1, 0.15) is 11.9 Å². The molecule has 0 radical (unpaired) electrons. The van der Waals surface area contributed by atoms with Crippen LogP contribution < -0.4 is 5.32 Å². The summed E-state index contributed by atoms with van der Waals surface area (Å²) in [5.74, 6) is 1.87. The van der Waals surface area contributed by atoms with Crippen molar-refractivity contribution in [3.8, 4) is 0 Å². The van der Waals surface area contributed by atoms with E-state index in [1.807, 2.05) is 50.2 Å². The Morgan fingerprint density at radius 1 is 1.25 bits per heavy atom. The summed E-state index contributed by atoms with van der Waals surface area (Å²) >= 11 is 0. The number of nitrogens with one attached hydrogen (secondary N) is 1. The van der Waals surface area contributed by atoms with Gasteiger partial charge >= 0.3 is 0 Å². The number of amides is 1. The van der Waals surface area contributed by atoms with Crippen molar-refractivity contribution in [2.24, 2.45) is 0 Å². The summed E-state index contributed by atoms with van der Waals surface area (Å²) in [7, 11) is 3.84. The lowest BCUT2D eigenvalue weighted by atomic mass is 10.0. The highest BCUT2D eigenvalue weighted by Crippen LogP contribution is 2.19. The molecular formula is C18H25N5O. The van der Waals surface area contributed by atoms with Crippen molar-refractivity contribution in [1.82, 2.24) is 25.0 Å². The Labute approximate surface area is 142 Å². The van der Waals surface area contributed by atoms with Crippen molar-refractivity contribution in [2.45, 2.75) is 45.3 Å². The zero-order valence-electron chi connectivity index (χ0n) is 14.6. The maximum Gasteiger partial charge on any atom is 0.242 e. The number of carbonyl (C=O) groups is 1. The number of rotatable bonds is 5. The minimum Gasteiger partial charge on any atom is -0.347 e. The molecule has 6 heteroatoms. The second-order valence-corrected chi connectivity index (χ2v) is 6.64. The summed E-state index contributed by atoms with van der Waals surface area (Å²) in [6, 6.07) is 7.79. The first kappa shape index (κ1) is 16.6. The molecule has 3 rings (SSSR count). The van der Waals surface area contributed by atoms with E-state index in [9.17, 15) is 4.79 Å². The number of nitrogens with zero attached hydrogens (tertiary/aromatic N) is 4. The number of benzene rings is 1. The Morgan fingerprint density at radius 2 is 2.00 bits per heavy atom. The van der Waals surface area contributed by atoms with E-state index < -0.39 is 0 Å². The zero-order valence-corrected chi connectivity index (χ0v) is 14.6. The number of likely N-dealkylation sites (N-methyl/N-ethyl adjacent to an activating group) is 1. The number of aromatic nitrogens is 3. The van der Waals surface area contributed by atoms with E-state index in [0.717, 1.165) is 36.6 Å². The quantitative estimate of drug-likeness (QED) is 0.910. The Balaban J connectivity index is 1.70. The Kier molecular flexibility index (Phi) is 4.94. The topological polar surface area (TPSA) is 63.1 Å². The fourth-order valence-electron chi connectivity index (χ4n) is 3.19. The van der Waals surface area contributed by atoms with Gasteiger partial charge in [-0.3, -0.25) is 9.69 Å². The zero-order chi connectivity index (χ0) is 17.1. The normalized spacial score (nSPS) is 15.2. The van der Waals surface area contributed by atoms with Gasteiger partial charge in [-0.2, -0.15) is 0 Å². The molecule has 1 aromatic carbocycles. The molecule has 0 fully saturated rings. The predicted molar refractivity (Wildman–Crippen MR) is 92.4 cm³/mol. The van der Waals surface area contributed by atoms with Gasteiger partial charge in [-0.05, 0) is 39.4 Å². The second kappa shape index (κ2) is 7.13. The summed E-state index contributed by atoms with van der Waals surface area (Å²) in [5.41, 5.74) is 2.18. The maximum absolute atomic E-state index is 12.7. The van der Waals surface area contributed by atoms with E-state index in [-0.39, 0.29) is 11.9 Å². The highest BCUT2D eigenvalue weighted by molar-refractivity contribution is 5.83. The van der Waals surface area contributed by atoms with Crippen LogP contribution >= 0.6 is 0 Å². The van der Waals surface area contributed by atoms with Gasteiger partial charge in [-0.1, -0.05) is 29.8 Å². The van der Waals surface area contributed by atoms with Gasteiger partial charge in [0, 0.05) is 13.0 Å². The van der Waals surface area contributed by atoms with Gasteiger partial charge in [0.25, 0.3) is 0 Å². The van der Waals surface area contributed by atoms with Crippen molar-refractivity contribution >= 4 is 5.91 Å². The standard InChI is InChI=1S/C18H25N5O/c1-13-7-9-14(10-8-13)17(22(2)3)18(24)19-12-16-21-20-15-6-4-5-11-23(15)16/h7-10,17H,4-6,11-12H2,1-3H3,(H,19,24)/t17-/m0/s1. The average molecular weight is 327 g/mol. The van der Waals surface area contributed by atoms with Crippen LogP contribution in [0.5, 0.6) is 0 Å². The first-order chi connectivity index (χ1) is 11.6. The van der Waals surface area contributed by atoms with Crippen molar-refractivity contribution in [3.05, 3.63) is 47.0 Å². The molecule has 1 aliphatic heterocycles. The Bertz CT molecular complexity index is 705. The summed E-state index contributed by atoms with van der Waals surface area (Å²) in [5, 5.41) is 11.5. The van der Waals surface area contributed by atoms with Crippen molar-refractivity contribution < 1.29 is 4.79 Å². The fraction of sp³-hybridized carbons (Fsp3) is 0.500. The van der Waals surface area contributed by atoms with Gasteiger partial charge in [0.05, 0.1) is 6.54 Å². The predicted octanol–water partition coefficient (Wildman–Crippen LogP) is 1.84. The average Bonchev–Trinajstić information content (AvgIpc) is 2.98. The van der Waals surface area contributed by atoms with E-state index >= 15 is 0 Å². The molecule has 24 heavy (non-hydrogen) atoms. The summed E-state index contributed by atoms with van der Waals surface area (Å²) in [4.78, 5) is 14.7. The molecule has 1 aliphatic rings. The van der Waals surface area contributed by atoms with Crippen molar-refractivity contribution in [2.75, 3.05) is 14.1 Å². The lowest BCUT2D eigenvalue weighted by molar-refractivity contribution is -0.126. The molecule has 1 aromatic heterocycles. The molecule has 2 aromatic rings. The molecule has 0 bridgehead atoms. The van der Waals surface area contributed by atoms with E-state index in [0.29, 0.717) is 6.54 Å². The van der Waals surface area contributed by atoms with Crippen LogP contribution in [0.25, 0.3) is 0 Å². The molecule has 1 amide bonds. The number of carbonyl (C=O) groups excluding carboxylic acids is 1. The van der Waals surface area contributed by atoms with Crippen LogP contribution in [0.4, 0.5) is 0 Å². The third kappa shape index (κ3) is 3.48. The SMILES string of the molecule is Cc1ccc([C@@H](C(=O)NCc2nnc3n2CCCC3)N(C)C)cc1. The number of fused-ring (bicyclic) bond motifs is 1. The van der Waals surface area contributed by atoms with E-state index in [1.54, 1.807) is 0 Å². The lowest BCUT2D eigenvalue weighted by Crippen LogP contribution is -2.37. The van der Waals surface area contributed by atoms with E-state index in [2.05, 4.69) is 20.1 Å². The number of aryl methyl sites for hydroxylation is 2. The van der Waals surface area contributed by atoms with Gasteiger partial charge in [-0.15, -0.1) is 10.2 Å². The third-order valence-corrected chi connectivity index (χ3v) is 4.51. The van der Waals surface area contributed by atoms with Gasteiger partial charge < -0.3 is 9.88 Å². The summed E-state index contributed by atoms with van der Waals surface area (Å²) in [6.07, 6.45) is 3.29. The molecular weight excluding hydrogens is 302 g/mol. The van der Waals surface area contributed by atoms with Gasteiger partial charge in [0.15, 0.2) is 5.82 Å². The summed E-state index contributed by atoms with van der Waals surface area (Å²) in [6.45, 7) is 3.41. The lowest BCUT2D eigenvalue weighted by Gasteiger charge is -2.24. The minimum absolute atomic E-state index is 0.0167. The molecule has 0 aliphatic carbocycles. The Morgan fingerprint density at radius 3 is 2.71 bits per heavy atom. The molecule has 1 N–H and O–H groups in total. The van der Waals surface area contributed by atoms with Crippen LogP contribution in [0.2, 0.25) is 0 Å². The summed E-state index contributed by atoms with van der Waals surface area (Å²) < 4.78 is 2.14. The van der Waals surface area contributed by atoms with Crippen LogP contribution in [0.15, 0.2) is 24.3 Å². The fourth-order valence-corrected chi connectivity index (χ4v) is 3.19. The van der Waals surface area contributed by atoms with Gasteiger partial charge in [-0.25, -0.2) is 0 Å². The molecule has 0 spiro atoms. The largest absolute Gasteiger partial charge is 0.347 e. The molecule has 128 valence electrons. The molecule has 0 saturated carbocycles. The van der Waals surface area contributed by atoms with Crippen LogP contribution in [0.3, 0.4) is 0 Å². The number of hydrogen-bond donors (Lipinski definition) is 1. The number of hydrogen-bond acceptors (Lipinski definition) is 4. The van der Waals surface area contributed by atoms with Crippen molar-refractivity contribution in [1.29, 1.82) is 0 Å². The minimum atomic E-state index is -0.311.